The Hall–Kier alpha value is 0.350. The molecule has 1 aliphatic heterocycles. The molecule has 0 aromatic carbocycles. The molecule has 0 nitrogen and oxygen atoms in total. The molecule has 0 radical (unpaired) electrons. The molecule has 48 valence electrons. The largest absolute Gasteiger partial charge is 0.161 e. The molecule has 0 spiro atoms. The van der Waals surface area contributed by atoms with Crippen molar-refractivity contribution < 1.29 is 0 Å². The third-order valence-electron chi connectivity index (χ3n) is 2.32. The summed E-state index contributed by atoms with van der Waals surface area (Å²) >= 11 is 2.09. The molecule has 8 heavy (non-hydrogen) atoms. The lowest BCUT2D eigenvalue weighted by molar-refractivity contribution is 0.333. The first kappa shape index (κ1) is 6.47. The summed E-state index contributed by atoms with van der Waals surface area (Å²) in [7, 11) is 0. The highest BCUT2D eigenvalue weighted by Gasteiger charge is 2.33. The molecule has 0 atom stereocenters. The minimum atomic E-state index is 0.769. The molecule has 1 rings (SSSR count). The van der Waals surface area contributed by atoms with Gasteiger partial charge in [-0.05, 0) is 29.8 Å². The molecule has 1 heteroatoms. The summed E-state index contributed by atoms with van der Waals surface area (Å²) in [5.74, 6) is 2.83. The smallest absolute Gasteiger partial charge is 0.000290 e. The van der Waals surface area contributed by atoms with Crippen LogP contribution in [0.1, 0.15) is 26.7 Å². The first-order chi connectivity index (χ1) is 3.83. The Balaban J connectivity index is 2.33. The van der Waals surface area contributed by atoms with E-state index in [1.54, 1.807) is 0 Å². The van der Waals surface area contributed by atoms with Crippen molar-refractivity contribution in [1.29, 1.82) is 0 Å². The predicted octanol–water partition coefficient (Wildman–Crippen LogP) is 2.54. The van der Waals surface area contributed by atoms with E-state index in [2.05, 4.69) is 25.6 Å². The van der Waals surface area contributed by atoms with Gasteiger partial charge in [0.1, 0.15) is 0 Å². The summed E-state index contributed by atoms with van der Waals surface area (Å²) in [5, 5.41) is 0. The Morgan fingerprint density at radius 1 is 1.25 bits per heavy atom. The van der Waals surface area contributed by atoms with E-state index >= 15 is 0 Å². The maximum absolute atomic E-state index is 2.31. The molecular formula is C7H14S. The van der Waals surface area contributed by atoms with Gasteiger partial charge in [0.05, 0.1) is 0 Å². The zero-order valence-electron chi connectivity index (χ0n) is 5.74. The van der Waals surface area contributed by atoms with Crippen LogP contribution in [0.5, 0.6) is 0 Å². The van der Waals surface area contributed by atoms with Crippen LogP contribution in [0.2, 0.25) is 0 Å². The van der Waals surface area contributed by atoms with Crippen molar-refractivity contribution in [2.24, 2.45) is 5.41 Å². The maximum Gasteiger partial charge on any atom is -0.000290 e. The van der Waals surface area contributed by atoms with Crippen LogP contribution < -0.4 is 0 Å². The number of hydrogen-bond acceptors (Lipinski definition) is 1. The van der Waals surface area contributed by atoms with E-state index in [-0.39, 0.29) is 0 Å². The van der Waals surface area contributed by atoms with Crippen LogP contribution in [0, 0.1) is 5.41 Å². The standard InChI is InChI=1S/C7H14S/c1-3-7(4-2)5-8-6-7/h3-6H2,1-2H3. The van der Waals surface area contributed by atoms with Crippen molar-refractivity contribution in [3.8, 4) is 0 Å². The molecule has 0 saturated carbocycles. The quantitative estimate of drug-likeness (QED) is 0.553. The summed E-state index contributed by atoms with van der Waals surface area (Å²) in [6.45, 7) is 4.62. The summed E-state index contributed by atoms with van der Waals surface area (Å²) in [4.78, 5) is 0. The molecule has 1 fully saturated rings. The maximum atomic E-state index is 2.31. The van der Waals surface area contributed by atoms with E-state index in [1.807, 2.05) is 0 Å². The molecule has 0 bridgehead atoms. The molecule has 0 aliphatic carbocycles. The fraction of sp³-hybridized carbons (Fsp3) is 1.00. The van der Waals surface area contributed by atoms with Crippen LogP contribution >= 0.6 is 11.8 Å². The fourth-order valence-corrected chi connectivity index (χ4v) is 2.65. The number of thioether (sulfide) groups is 1. The van der Waals surface area contributed by atoms with Gasteiger partial charge in [-0.2, -0.15) is 11.8 Å². The van der Waals surface area contributed by atoms with Crippen LogP contribution in [0.3, 0.4) is 0 Å². The second-order valence-corrected chi connectivity index (χ2v) is 3.69. The molecular weight excluding hydrogens is 116 g/mol. The van der Waals surface area contributed by atoms with Crippen LogP contribution in [0.25, 0.3) is 0 Å². The molecule has 1 aliphatic rings. The number of hydrogen-bond donors (Lipinski definition) is 0. The molecule has 0 aromatic rings. The van der Waals surface area contributed by atoms with E-state index in [0.717, 1.165) is 5.41 Å². The highest BCUT2D eigenvalue weighted by Crippen LogP contribution is 2.43. The first-order valence-corrected chi connectivity index (χ1v) is 4.56. The van der Waals surface area contributed by atoms with Gasteiger partial charge < -0.3 is 0 Å². The predicted molar refractivity (Wildman–Crippen MR) is 40.3 cm³/mol. The molecule has 0 unspecified atom stereocenters. The molecule has 0 amide bonds. The van der Waals surface area contributed by atoms with Crippen LogP contribution in [0.15, 0.2) is 0 Å². The fourth-order valence-electron chi connectivity index (χ4n) is 1.05. The van der Waals surface area contributed by atoms with Crippen molar-refractivity contribution in [2.75, 3.05) is 11.5 Å². The van der Waals surface area contributed by atoms with Gasteiger partial charge in [0, 0.05) is 0 Å². The Labute approximate surface area is 56.0 Å². The second-order valence-electron chi connectivity index (χ2n) is 2.70. The lowest BCUT2D eigenvalue weighted by atomic mass is 9.86. The molecule has 0 N–H and O–H groups in total. The Kier molecular flexibility index (Phi) is 1.86. The topological polar surface area (TPSA) is 0 Å². The Morgan fingerprint density at radius 2 is 1.75 bits per heavy atom. The lowest BCUT2D eigenvalue weighted by Crippen LogP contribution is -2.33. The Morgan fingerprint density at radius 3 is 1.75 bits per heavy atom. The number of rotatable bonds is 2. The molecule has 1 heterocycles. The monoisotopic (exact) mass is 130 g/mol. The van der Waals surface area contributed by atoms with Crippen molar-refractivity contribution in [1.82, 2.24) is 0 Å². The first-order valence-electron chi connectivity index (χ1n) is 3.41. The van der Waals surface area contributed by atoms with Gasteiger partial charge in [-0.3, -0.25) is 0 Å². The third-order valence-corrected chi connectivity index (χ3v) is 3.95. The summed E-state index contributed by atoms with van der Waals surface area (Å²) in [6, 6.07) is 0. The van der Waals surface area contributed by atoms with Crippen molar-refractivity contribution >= 4 is 11.8 Å². The molecule has 0 aromatic heterocycles. The van der Waals surface area contributed by atoms with Gasteiger partial charge >= 0.3 is 0 Å². The Bertz CT molecular complexity index is 60.9. The van der Waals surface area contributed by atoms with E-state index < -0.39 is 0 Å². The highest BCUT2D eigenvalue weighted by atomic mass is 32.2. The second kappa shape index (κ2) is 2.30. The molecule has 1 saturated heterocycles. The third kappa shape index (κ3) is 0.883. The highest BCUT2D eigenvalue weighted by molar-refractivity contribution is 8.00. The van der Waals surface area contributed by atoms with Crippen LogP contribution in [-0.4, -0.2) is 11.5 Å². The van der Waals surface area contributed by atoms with Gasteiger partial charge in [0.25, 0.3) is 0 Å². The van der Waals surface area contributed by atoms with Gasteiger partial charge in [-0.25, -0.2) is 0 Å². The van der Waals surface area contributed by atoms with Gasteiger partial charge in [-0.1, -0.05) is 13.8 Å². The van der Waals surface area contributed by atoms with E-state index in [1.165, 1.54) is 24.3 Å². The SMILES string of the molecule is CCC1(CC)CSC1. The van der Waals surface area contributed by atoms with E-state index in [9.17, 15) is 0 Å². The summed E-state index contributed by atoms with van der Waals surface area (Å²) in [6.07, 6.45) is 2.77. The average Bonchev–Trinajstić information content (AvgIpc) is 1.67. The zero-order valence-corrected chi connectivity index (χ0v) is 6.55. The van der Waals surface area contributed by atoms with Crippen molar-refractivity contribution in [3.63, 3.8) is 0 Å². The zero-order chi connectivity index (χ0) is 6.04. The van der Waals surface area contributed by atoms with E-state index in [4.69, 9.17) is 0 Å². The van der Waals surface area contributed by atoms with Crippen LogP contribution in [-0.2, 0) is 0 Å². The minimum Gasteiger partial charge on any atom is -0.161 e. The van der Waals surface area contributed by atoms with Gasteiger partial charge in [0.2, 0.25) is 0 Å². The van der Waals surface area contributed by atoms with Gasteiger partial charge in [-0.15, -0.1) is 0 Å². The van der Waals surface area contributed by atoms with E-state index in [0.29, 0.717) is 0 Å². The summed E-state index contributed by atoms with van der Waals surface area (Å²) in [5.41, 5.74) is 0.769. The van der Waals surface area contributed by atoms with Crippen molar-refractivity contribution in [3.05, 3.63) is 0 Å². The minimum absolute atomic E-state index is 0.769. The van der Waals surface area contributed by atoms with Crippen molar-refractivity contribution in [2.45, 2.75) is 26.7 Å². The van der Waals surface area contributed by atoms with Crippen LogP contribution in [0.4, 0.5) is 0 Å². The average molecular weight is 130 g/mol. The normalized spacial score (nSPS) is 24.8. The lowest BCUT2D eigenvalue weighted by Gasteiger charge is -2.39. The van der Waals surface area contributed by atoms with Gasteiger partial charge in [0.15, 0.2) is 0 Å². The summed E-state index contributed by atoms with van der Waals surface area (Å²) < 4.78 is 0.